The fraction of sp³-hybridized carbons (Fsp3) is 0.357. The van der Waals surface area contributed by atoms with E-state index in [0.717, 1.165) is 16.7 Å². The minimum absolute atomic E-state index is 0.0624. The highest BCUT2D eigenvalue weighted by molar-refractivity contribution is 5.72. The summed E-state index contributed by atoms with van der Waals surface area (Å²) in [5, 5.41) is 3.49. The topological polar surface area (TPSA) is 24.4 Å². The van der Waals surface area contributed by atoms with Crippen molar-refractivity contribution in [1.82, 2.24) is 0 Å². The Bertz CT molecular complexity index is 436. The Morgan fingerprint density at radius 1 is 1.29 bits per heavy atom. The molecule has 3 heteroatoms. The van der Waals surface area contributed by atoms with Crippen LogP contribution in [0.5, 0.6) is 0 Å². The second kappa shape index (κ2) is 4.72. The molecule has 0 saturated carbocycles. The summed E-state index contributed by atoms with van der Waals surface area (Å²) in [5.74, 6) is 0. The largest absolute Gasteiger partial charge is 0.316 e. The van der Waals surface area contributed by atoms with Gasteiger partial charge in [0.25, 0.3) is 6.29 Å². The number of nitrogens with zero attached hydrogens (tertiary/aromatic N) is 2. The summed E-state index contributed by atoms with van der Waals surface area (Å²) in [4.78, 5) is 4.56. The summed E-state index contributed by atoms with van der Waals surface area (Å²) >= 11 is 0. The van der Waals surface area contributed by atoms with Crippen molar-refractivity contribution < 1.29 is 4.48 Å². The van der Waals surface area contributed by atoms with Crippen LogP contribution in [0.3, 0.4) is 0 Å². The van der Waals surface area contributed by atoms with E-state index < -0.39 is 0 Å². The van der Waals surface area contributed by atoms with Gasteiger partial charge >= 0.3 is 0 Å². The number of nitrogens with one attached hydrogen (secondary N) is 1. The number of anilines is 1. The molecule has 17 heavy (non-hydrogen) atoms. The van der Waals surface area contributed by atoms with Crippen LogP contribution in [0.4, 0.5) is 5.69 Å². The van der Waals surface area contributed by atoms with Crippen molar-refractivity contribution in [3.8, 4) is 0 Å². The Kier molecular flexibility index (Phi) is 3.29. The van der Waals surface area contributed by atoms with Crippen LogP contribution in [-0.4, -0.2) is 30.6 Å². The summed E-state index contributed by atoms with van der Waals surface area (Å²) in [6.07, 6.45) is 4.05. The van der Waals surface area contributed by atoms with Crippen molar-refractivity contribution >= 4 is 11.9 Å². The van der Waals surface area contributed by atoms with Crippen molar-refractivity contribution in [2.75, 3.05) is 18.9 Å². The van der Waals surface area contributed by atoms with Crippen LogP contribution < -0.4 is 5.32 Å². The number of quaternary nitrogens is 1. The van der Waals surface area contributed by atoms with Crippen LogP contribution in [0.1, 0.15) is 13.8 Å². The molecule has 1 aliphatic heterocycles. The number of allylic oxidation sites excluding steroid dienone is 2. The first-order chi connectivity index (χ1) is 8.16. The maximum Gasteiger partial charge on any atom is 0.265 e. The van der Waals surface area contributed by atoms with Gasteiger partial charge in [-0.3, -0.25) is 4.48 Å². The van der Waals surface area contributed by atoms with Gasteiger partial charge in [-0.1, -0.05) is 18.2 Å². The molecule has 1 aromatic carbocycles. The zero-order valence-electron chi connectivity index (χ0n) is 10.7. The molecule has 1 N–H and O–H groups in total. The third-order valence-corrected chi connectivity index (χ3v) is 3.62. The average Bonchev–Trinajstić information content (AvgIpc) is 2.36. The van der Waals surface area contributed by atoms with E-state index in [0.29, 0.717) is 0 Å². The molecular formula is C14H20N3+. The summed E-state index contributed by atoms with van der Waals surface area (Å²) in [5.41, 5.74) is 2.44. The molecule has 0 saturated heterocycles. The lowest BCUT2D eigenvalue weighted by Crippen LogP contribution is -2.54. The van der Waals surface area contributed by atoms with Crippen molar-refractivity contribution in [1.29, 1.82) is 0 Å². The highest BCUT2D eigenvalue weighted by atomic mass is 15.5. The number of rotatable bonds is 3. The van der Waals surface area contributed by atoms with E-state index >= 15 is 0 Å². The lowest BCUT2D eigenvalue weighted by Gasteiger charge is -2.40. The monoisotopic (exact) mass is 230 g/mol. The number of hydrogen-bond acceptors (Lipinski definition) is 2. The summed E-state index contributed by atoms with van der Waals surface area (Å²) in [6.45, 7) is 5.37. The van der Waals surface area contributed by atoms with Gasteiger partial charge in [-0.15, -0.1) is 0 Å². The lowest BCUT2D eigenvalue weighted by atomic mass is 10.2. The van der Waals surface area contributed by atoms with Crippen LogP contribution in [-0.2, 0) is 0 Å². The quantitative estimate of drug-likeness (QED) is 0.793. The third-order valence-electron chi connectivity index (χ3n) is 3.62. The second-order valence-electron chi connectivity index (χ2n) is 4.57. The second-order valence-corrected chi connectivity index (χ2v) is 4.57. The Morgan fingerprint density at radius 3 is 2.65 bits per heavy atom. The first-order valence-corrected chi connectivity index (χ1v) is 6.04. The maximum atomic E-state index is 4.56. The Hall–Kier alpha value is -1.61. The number of hydrogen-bond donors (Lipinski definition) is 1. The van der Waals surface area contributed by atoms with Crippen LogP contribution in [0.15, 0.2) is 47.1 Å². The number of para-hydroxylation sites is 1. The molecule has 0 spiro atoms. The summed E-state index contributed by atoms with van der Waals surface area (Å²) in [7, 11) is 2.21. The predicted octanol–water partition coefficient (Wildman–Crippen LogP) is 2.84. The smallest absolute Gasteiger partial charge is 0.265 e. The van der Waals surface area contributed by atoms with Crippen LogP contribution in [0.2, 0.25) is 0 Å². The molecule has 0 radical (unpaired) electrons. The van der Waals surface area contributed by atoms with Crippen molar-refractivity contribution in [2.24, 2.45) is 4.99 Å². The molecule has 2 unspecified atom stereocenters. The zero-order valence-corrected chi connectivity index (χ0v) is 10.7. The minimum atomic E-state index is 0.0624. The first-order valence-electron chi connectivity index (χ1n) is 6.04. The van der Waals surface area contributed by atoms with Gasteiger partial charge in [0.15, 0.2) is 0 Å². The van der Waals surface area contributed by atoms with E-state index in [1.54, 1.807) is 0 Å². The fourth-order valence-electron chi connectivity index (χ4n) is 2.03. The van der Waals surface area contributed by atoms with Crippen LogP contribution in [0, 0.1) is 0 Å². The van der Waals surface area contributed by atoms with E-state index in [2.05, 4.69) is 49.4 Å². The predicted molar refractivity (Wildman–Crippen MR) is 72.8 cm³/mol. The molecule has 0 amide bonds. The Labute approximate surface area is 103 Å². The van der Waals surface area contributed by atoms with Gasteiger partial charge < -0.3 is 5.32 Å². The fourth-order valence-corrected chi connectivity index (χ4v) is 2.03. The van der Waals surface area contributed by atoms with Crippen molar-refractivity contribution in [2.45, 2.75) is 20.1 Å². The zero-order chi connectivity index (χ0) is 12.3. The lowest BCUT2D eigenvalue weighted by molar-refractivity contribution is -0.892. The Balaban J connectivity index is 2.21. The summed E-state index contributed by atoms with van der Waals surface area (Å²) in [6, 6.07) is 10.2. The Morgan fingerprint density at radius 2 is 2.00 bits per heavy atom. The summed E-state index contributed by atoms with van der Waals surface area (Å²) < 4.78 is 0.811. The highest BCUT2D eigenvalue weighted by Gasteiger charge is 2.34. The van der Waals surface area contributed by atoms with Crippen LogP contribution >= 0.6 is 0 Å². The van der Waals surface area contributed by atoms with Gasteiger partial charge in [-0.25, -0.2) is 4.99 Å². The van der Waals surface area contributed by atoms with E-state index in [9.17, 15) is 0 Å². The van der Waals surface area contributed by atoms with Crippen molar-refractivity contribution in [3.63, 3.8) is 0 Å². The van der Waals surface area contributed by atoms with E-state index in [1.165, 1.54) is 5.70 Å². The maximum absolute atomic E-state index is 4.56. The minimum Gasteiger partial charge on any atom is -0.316 e. The molecule has 0 aliphatic carbocycles. The molecule has 2 atom stereocenters. The molecule has 1 heterocycles. The molecule has 2 rings (SSSR count). The molecule has 0 bridgehead atoms. The molecule has 3 nitrogen and oxygen atoms in total. The average molecular weight is 230 g/mol. The van der Waals surface area contributed by atoms with Gasteiger partial charge in [0.05, 0.1) is 13.6 Å². The number of aliphatic imine (C=N–C) groups is 1. The van der Waals surface area contributed by atoms with E-state index in [4.69, 9.17) is 0 Å². The van der Waals surface area contributed by atoms with Gasteiger partial charge in [-0.2, -0.15) is 0 Å². The molecule has 1 aliphatic rings. The van der Waals surface area contributed by atoms with E-state index in [-0.39, 0.29) is 6.29 Å². The molecule has 0 aromatic heterocycles. The SMILES string of the molecule is CC[N+]1(C)C(C)=CC=NC1Nc1ccccc1. The molecular weight excluding hydrogens is 210 g/mol. The third kappa shape index (κ3) is 2.24. The molecule has 0 fully saturated rings. The van der Waals surface area contributed by atoms with Gasteiger partial charge in [0.1, 0.15) is 5.70 Å². The van der Waals surface area contributed by atoms with E-state index in [1.807, 2.05) is 24.4 Å². The van der Waals surface area contributed by atoms with Crippen LogP contribution in [0.25, 0.3) is 0 Å². The standard InChI is InChI=1S/C14H20N3/c1-4-17(3)12(2)10-11-15-14(17)16-13-8-6-5-7-9-13/h5-11,14,16H,4H2,1-3H3/q+1. The van der Waals surface area contributed by atoms with Gasteiger partial charge in [-0.05, 0) is 19.1 Å². The molecule has 1 aromatic rings. The highest BCUT2D eigenvalue weighted by Crippen LogP contribution is 2.24. The number of benzene rings is 1. The first kappa shape index (κ1) is 11.9. The van der Waals surface area contributed by atoms with Gasteiger partial charge in [0, 0.05) is 24.9 Å². The van der Waals surface area contributed by atoms with Gasteiger partial charge in [0.2, 0.25) is 0 Å². The van der Waals surface area contributed by atoms with Crippen molar-refractivity contribution in [3.05, 3.63) is 42.1 Å². The normalized spacial score (nSPS) is 27.7. The molecule has 90 valence electrons.